The maximum Gasteiger partial charge on any atom is 0.342 e. The highest BCUT2D eigenvalue weighted by Crippen LogP contribution is 2.05. The second-order valence-corrected chi connectivity index (χ2v) is 3.83. The summed E-state index contributed by atoms with van der Waals surface area (Å²) in [6, 6.07) is 0. The first-order chi connectivity index (χ1) is 7.75. The molecule has 1 aromatic rings. The summed E-state index contributed by atoms with van der Waals surface area (Å²) >= 11 is 0. The Morgan fingerprint density at radius 3 is 2.75 bits per heavy atom. The SMILES string of the molecule is O=c1[nH]nc(NCCN2CCCC2)c(=O)[nH]1. The molecule has 0 spiro atoms. The number of rotatable bonds is 4. The molecule has 2 heterocycles. The molecule has 88 valence electrons. The Hall–Kier alpha value is -1.63. The Bertz CT molecular complexity index is 446. The van der Waals surface area contributed by atoms with E-state index in [4.69, 9.17) is 0 Å². The monoisotopic (exact) mass is 225 g/mol. The second kappa shape index (κ2) is 4.93. The molecule has 1 aromatic heterocycles. The maximum atomic E-state index is 11.3. The summed E-state index contributed by atoms with van der Waals surface area (Å²) in [7, 11) is 0. The van der Waals surface area contributed by atoms with Gasteiger partial charge in [-0.1, -0.05) is 0 Å². The van der Waals surface area contributed by atoms with Crippen molar-refractivity contribution in [1.82, 2.24) is 20.1 Å². The number of hydrogen-bond donors (Lipinski definition) is 3. The number of likely N-dealkylation sites (tertiary alicyclic amines) is 1. The van der Waals surface area contributed by atoms with Crippen molar-refractivity contribution in [2.75, 3.05) is 31.5 Å². The van der Waals surface area contributed by atoms with Gasteiger partial charge >= 0.3 is 5.69 Å². The van der Waals surface area contributed by atoms with Crippen LogP contribution in [0.5, 0.6) is 0 Å². The lowest BCUT2D eigenvalue weighted by Crippen LogP contribution is -2.30. The van der Waals surface area contributed by atoms with Crippen molar-refractivity contribution >= 4 is 5.82 Å². The second-order valence-electron chi connectivity index (χ2n) is 3.83. The van der Waals surface area contributed by atoms with Crippen LogP contribution in [0.2, 0.25) is 0 Å². The Morgan fingerprint density at radius 2 is 2.06 bits per heavy atom. The van der Waals surface area contributed by atoms with Gasteiger partial charge in [0.25, 0.3) is 5.56 Å². The van der Waals surface area contributed by atoms with E-state index in [0.717, 1.165) is 19.6 Å². The molecular formula is C9H15N5O2. The van der Waals surface area contributed by atoms with E-state index in [1.165, 1.54) is 12.8 Å². The topological polar surface area (TPSA) is 93.9 Å². The molecule has 1 aliphatic rings. The Morgan fingerprint density at radius 1 is 1.31 bits per heavy atom. The van der Waals surface area contributed by atoms with Crippen LogP contribution in [0.4, 0.5) is 5.82 Å². The van der Waals surface area contributed by atoms with E-state index in [0.29, 0.717) is 6.54 Å². The lowest BCUT2D eigenvalue weighted by molar-refractivity contribution is 0.352. The van der Waals surface area contributed by atoms with Gasteiger partial charge in [0.15, 0.2) is 0 Å². The van der Waals surface area contributed by atoms with Crippen LogP contribution in [0.15, 0.2) is 9.59 Å². The average molecular weight is 225 g/mol. The van der Waals surface area contributed by atoms with E-state index < -0.39 is 11.2 Å². The minimum atomic E-state index is -0.588. The number of aromatic amines is 2. The van der Waals surface area contributed by atoms with Crippen LogP contribution in [0, 0.1) is 0 Å². The van der Waals surface area contributed by atoms with Gasteiger partial charge in [-0.2, -0.15) is 0 Å². The van der Waals surface area contributed by atoms with Gasteiger partial charge in [0.2, 0.25) is 5.82 Å². The average Bonchev–Trinajstić information content (AvgIpc) is 2.74. The third-order valence-electron chi connectivity index (χ3n) is 2.63. The van der Waals surface area contributed by atoms with Crippen LogP contribution in [-0.4, -0.2) is 46.3 Å². The number of nitrogens with one attached hydrogen (secondary N) is 3. The van der Waals surface area contributed by atoms with Crippen LogP contribution >= 0.6 is 0 Å². The van der Waals surface area contributed by atoms with Gasteiger partial charge in [-0.05, 0) is 25.9 Å². The highest BCUT2D eigenvalue weighted by atomic mass is 16.2. The predicted octanol–water partition coefficient (Wildman–Crippen LogP) is -1.03. The molecule has 1 fully saturated rings. The molecule has 0 saturated carbocycles. The summed E-state index contributed by atoms with van der Waals surface area (Å²) in [5.41, 5.74) is -1.07. The van der Waals surface area contributed by atoms with Crippen molar-refractivity contribution in [2.24, 2.45) is 0 Å². The molecule has 7 nitrogen and oxygen atoms in total. The number of anilines is 1. The minimum Gasteiger partial charge on any atom is -0.363 e. The zero-order valence-electron chi connectivity index (χ0n) is 8.95. The molecule has 0 amide bonds. The standard InChI is InChI=1S/C9H15N5O2/c15-8-7(12-13-9(16)11-8)10-3-6-14-4-1-2-5-14/h1-6H2,(H,10,12)(H2,11,13,15,16). The fourth-order valence-corrected chi connectivity index (χ4v) is 1.81. The summed E-state index contributed by atoms with van der Waals surface area (Å²) in [6.07, 6.45) is 2.50. The van der Waals surface area contributed by atoms with E-state index in [9.17, 15) is 9.59 Å². The first-order valence-corrected chi connectivity index (χ1v) is 5.41. The lowest BCUT2D eigenvalue weighted by Gasteiger charge is -2.14. The molecule has 1 aliphatic heterocycles. The van der Waals surface area contributed by atoms with Crippen LogP contribution in [0.3, 0.4) is 0 Å². The molecular weight excluding hydrogens is 210 g/mol. The molecule has 0 radical (unpaired) electrons. The fourth-order valence-electron chi connectivity index (χ4n) is 1.81. The smallest absolute Gasteiger partial charge is 0.342 e. The number of H-pyrrole nitrogens is 2. The summed E-state index contributed by atoms with van der Waals surface area (Å²) in [6.45, 7) is 3.79. The quantitative estimate of drug-likeness (QED) is 0.609. The Kier molecular flexibility index (Phi) is 3.35. The van der Waals surface area contributed by atoms with Gasteiger partial charge in [0.05, 0.1) is 0 Å². The molecule has 1 saturated heterocycles. The molecule has 2 rings (SSSR count). The molecule has 3 N–H and O–H groups in total. The van der Waals surface area contributed by atoms with Crippen molar-refractivity contribution < 1.29 is 0 Å². The largest absolute Gasteiger partial charge is 0.363 e. The summed E-state index contributed by atoms with van der Waals surface area (Å²) in [5.74, 6) is 0.166. The van der Waals surface area contributed by atoms with Crippen molar-refractivity contribution in [1.29, 1.82) is 0 Å². The van der Waals surface area contributed by atoms with Crippen LogP contribution in [-0.2, 0) is 0 Å². The van der Waals surface area contributed by atoms with Crippen LogP contribution in [0.25, 0.3) is 0 Å². The molecule has 0 unspecified atom stereocenters. The van der Waals surface area contributed by atoms with E-state index in [-0.39, 0.29) is 5.82 Å². The van der Waals surface area contributed by atoms with Crippen molar-refractivity contribution in [2.45, 2.75) is 12.8 Å². The van der Waals surface area contributed by atoms with Gasteiger partial charge in [-0.15, -0.1) is 5.10 Å². The minimum absolute atomic E-state index is 0.166. The molecule has 0 atom stereocenters. The third-order valence-corrected chi connectivity index (χ3v) is 2.63. The first-order valence-electron chi connectivity index (χ1n) is 5.41. The first kappa shape index (κ1) is 10.9. The molecule has 16 heavy (non-hydrogen) atoms. The van der Waals surface area contributed by atoms with Gasteiger partial charge in [0, 0.05) is 13.1 Å². The van der Waals surface area contributed by atoms with E-state index in [1.807, 2.05) is 0 Å². The molecule has 0 aliphatic carbocycles. The maximum absolute atomic E-state index is 11.3. The predicted molar refractivity (Wildman–Crippen MR) is 59.6 cm³/mol. The normalized spacial score (nSPS) is 16.5. The number of aromatic nitrogens is 3. The van der Waals surface area contributed by atoms with Crippen molar-refractivity contribution in [3.8, 4) is 0 Å². The summed E-state index contributed by atoms with van der Waals surface area (Å²) < 4.78 is 0. The van der Waals surface area contributed by atoms with E-state index in [1.54, 1.807) is 0 Å². The van der Waals surface area contributed by atoms with E-state index in [2.05, 4.69) is 25.4 Å². The number of hydrogen-bond acceptors (Lipinski definition) is 5. The summed E-state index contributed by atoms with van der Waals surface area (Å²) in [4.78, 5) is 26.4. The highest BCUT2D eigenvalue weighted by Gasteiger charge is 2.10. The molecule has 0 aromatic carbocycles. The summed E-state index contributed by atoms with van der Waals surface area (Å²) in [5, 5.41) is 8.71. The zero-order chi connectivity index (χ0) is 11.4. The van der Waals surface area contributed by atoms with Gasteiger partial charge in [-0.3, -0.25) is 9.78 Å². The molecule has 0 bridgehead atoms. The highest BCUT2D eigenvalue weighted by molar-refractivity contribution is 5.28. The lowest BCUT2D eigenvalue weighted by atomic mass is 10.4. The van der Waals surface area contributed by atoms with Crippen molar-refractivity contribution in [3.63, 3.8) is 0 Å². The number of nitrogens with zero attached hydrogens (tertiary/aromatic N) is 2. The van der Waals surface area contributed by atoms with Crippen LogP contribution < -0.4 is 16.6 Å². The third kappa shape index (κ3) is 2.69. The van der Waals surface area contributed by atoms with Gasteiger partial charge in [-0.25, -0.2) is 9.89 Å². The van der Waals surface area contributed by atoms with Crippen molar-refractivity contribution in [3.05, 3.63) is 20.8 Å². The van der Waals surface area contributed by atoms with Gasteiger partial charge in [0.1, 0.15) is 0 Å². The Balaban J connectivity index is 1.84. The van der Waals surface area contributed by atoms with Gasteiger partial charge < -0.3 is 10.2 Å². The van der Waals surface area contributed by atoms with E-state index >= 15 is 0 Å². The zero-order valence-corrected chi connectivity index (χ0v) is 8.95. The fraction of sp³-hybridized carbons (Fsp3) is 0.667. The Labute approximate surface area is 91.9 Å². The van der Waals surface area contributed by atoms with Crippen LogP contribution in [0.1, 0.15) is 12.8 Å². The molecule has 7 heteroatoms.